The van der Waals surface area contributed by atoms with E-state index in [2.05, 4.69) is 0 Å². The Balaban J connectivity index is 2.32. The SMILES string of the molecule is COCC1(c2ccc(O)cc2O)CO1. The quantitative estimate of drug-likeness (QED) is 0.707. The van der Waals surface area contributed by atoms with Gasteiger partial charge in [0.15, 0.2) is 0 Å². The second-order valence-electron chi connectivity index (χ2n) is 3.42. The van der Waals surface area contributed by atoms with Crippen molar-refractivity contribution in [3.05, 3.63) is 23.8 Å². The van der Waals surface area contributed by atoms with E-state index in [1.165, 1.54) is 12.1 Å². The van der Waals surface area contributed by atoms with Gasteiger partial charge in [0.1, 0.15) is 17.1 Å². The fourth-order valence-electron chi connectivity index (χ4n) is 1.54. The summed E-state index contributed by atoms with van der Waals surface area (Å²) < 4.78 is 10.3. The standard InChI is InChI=1S/C10H12O4/c1-13-5-10(6-14-10)8-3-2-7(11)4-9(8)12/h2-4,11-12H,5-6H2,1H3. The van der Waals surface area contributed by atoms with Crippen molar-refractivity contribution >= 4 is 0 Å². The molecule has 0 aromatic heterocycles. The molecule has 1 fully saturated rings. The Labute approximate surface area is 81.7 Å². The third kappa shape index (κ3) is 1.42. The number of aromatic hydroxyl groups is 2. The molecule has 0 bridgehead atoms. The van der Waals surface area contributed by atoms with Crippen LogP contribution < -0.4 is 0 Å². The molecule has 0 aliphatic carbocycles. The Kier molecular flexibility index (Phi) is 2.09. The predicted octanol–water partition coefficient (Wildman–Crippen LogP) is 0.970. The van der Waals surface area contributed by atoms with Gasteiger partial charge in [-0.05, 0) is 12.1 Å². The van der Waals surface area contributed by atoms with Crippen molar-refractivity contribution in [3.8, 4) is 11.5 Å². The van der Waals surface area contributed by atoms with Gasteiger partial charge >= 0.3 is 0 Å². The molecule has 1 atom stereocenters. The molecule has 4 heteroatoms. The zero-order valence-electron chi connectivity index (χ0n) is 7.86. The molecule has 0 saturated carbocycles. The summed E-state index contributed by atoms with van der Waals surface area (Å²) in [7, 11) is 1.58. The summed E-state index contributed by atoms with van der Waals surface area (Å²) >= 11 is 0. The average Bonchev–Trinajstić information content (AvgIpc) is 2.86. The van der Waals surface area contributed by atoms with Gasteiger partial charge in [0.2, 0.25) is 0 Å². The zero-order chi connectivity index (χ0) is 10.2. The predicted molar refractivity (Wildman–Crippen MR) is 49.3 cm³/mol. The highest BCUT2D eigenvalue weighted by molar-refractivity contribution is 5.44. The second-order valence-corrected chi connectivity index (χ2v) is 3.42. The maximum absolute atomic E-state index is 9.60. The first-order valence-corrected chi connectivity index (χ1v) is 4.33. The van der Waals surface area contributed by atoms with Crippen LogP contribution >= 0.6 is 0 Å². The van der Waals surface area contributed by atoms with Crippen molar-refractivity contribution in [2.24, 2.45) is 0 Å². The number of hydrogen-bond donors (Lipinski definition) is 2. The van der Waals surface area contributed by atoms with E-state index in [4.69, 9.17) is 14.6 Å². The molecule has 14 heavy (non-hydrogen) atoms. The summed E-state index contributed by atoms with van der Waals surface area (Å²) in [5.41, 5.74) is 0.157. The molecule has 1 unspecified atom stereocenters. The van der Waals surface area contributed by atoms with Crippen LogP contribution in [0.15, 0.2) is 18.2 Å². The summed E-state index contributed by atoms with van der Waals surface area (Å²) in [5.74, 6) is 0.0824. The Morgan fingerprint density at radius 3 is 2.71 bits per heavy atom. The fraction of sp³-hybridized carbons (Fsp3) is 0.400. The van der Waals surface area contributed by atoms with Gasteiger partial charge in [0.05, 0.1) is 13.2 Å². The molecule has 1 aliphatic heterocycles. The summed E-state index contributed by atoms with van der Waals surface area (Å²) in [4.78, 5) is 0. The van der Waals surface area contributed by atoms with Crippen LogP contribution in [0.3, 0.4) is 0 Å². The van der Waals surface area contributed by atoms with Crippen LogP contribution in [0.5, 0.6) is 11.5 Å². The van der Waals surface area contributed by atoms with Crippen molar-refractivity contribution in [3.63, 3.8) is 0 Å². The van der Waals surface area contributed by atoms with Crippen LogP contribution in [0.4, 0.5) is 0 Å². The minimum atomic E-state index is -0.507. The number of phenols is 2. The molecular formula is C10H12O4. The largest absolute Gasteiger partial charge is 0.508 e. The van der Waals surface area contributed by atoms with E-state index in [9.17, 15) is 5.11 Å². The third-order valence-electron chi connectivity index (χ3n) is 2.34. The number of methoxy groups -OCH3 is 1. The molecule has 2 rings (SSSR count). The molecule has 0 spiro atoms. The summed E-state index contributed by atoms with van der Waals surface area (Å²) in [6, 6.07) is 4.47. The minimum absolute atomic E-state index is 0.0412. The van der Waals surface area contributed by atoms with E-state index < -0.39 is 5.60 Å². The highest BCUT2D eigenvalue weighted by atomic mass is 16.6. The fourth-order valence-corrected chi connectivity index (χ4v) is 1.54. The summed E-state index contributed by atoms with van der Waals surface area (Å²) in [6.45, 7) is 0.949. The van der Waals surface area contributed by atoms with E-state index >= 15 is 0 Å². The van der Waals surface area contributed by atoms with Gasteiger partial charge in [-0.25, -0.2) is 0 Å². The van der Waals surface area contributed by atoms with E-state index in [1.54, 1.807) is 13.2 Å². The molecule has 4 nitrogen and oxygen atoms in total. The number of ether oxygens (including phenoxy) is 2. The van der Waals surface area contributed by atoms with Crippen LogP contribution in [0, 0.1) is 0 Å². The lowest BCUT2D eigenvalue weighted by Gasteiger charge is -2.12. The first-order valence-electron chi connectivity index (χ1n) is 4.33. The zero-order valence-corrected chi connectivity index (χ0v) is 7.86. The normalized spacial score (nSPS) is 24.9. The lowest BCUT2D eigenvalue weighted by Crippen LogP contribution is -2.15. The van der Waals surface area contributed by atoms with Gasteiger partial charge < -0.3 is 19.7 Å². The van der Waals surface area contributed by atoms with E-state index in [0.717, 1.165) is 0 Å². The lowest BCUT2D eigenvalue weighted by molar-refractivity contribution is 0.119. The third-order valence-corrected chi connectivity index (χ3v) is 2.34. The number of hydrogen-bond acceptors (Lipinski definition) is 4. The summed E-state index contributed by atoms with van der Waals surface area (Å²) in [5, 5.41) is 18.7. The Hall–Kier alpha value is -1.26. The van der Waals surface area contributed by atoms with Crippen LogP contribution in [-0.2, 0) is 15.1 Å². The number of rotatable bonds is 3. The first kappa shape index (κ1) is 9.30. The van der Waals surface area contributed by atoms with Crippen molar-refractivity contribution in [2.45, 2.75) is 5.60 Å². The van der Waals surface area contributed by atoms with Crippen molar-refractivity contribution in [1.29, 1.82) is 0 Å². The number of benzene rings is 1. The number of phenolic OH excluding ortho intramolecular Hbond substituents is 2. The van der Waals surface area contributed by atoms with E-state index in [0.29, 0.717) is 18.8 Å². The first-order chi connectivity index (χ1) is 6.68. The highest BCUT2D eigenvalue weighted by Crippen LogP contribution is 2.43. The summed E-state index contributed by atoms with van der Waals surface area (Å²) in [6.07, 6.45) is 0. The lowest BCUT2D eigenvalue weighted by atomic mass is 10.00. The molecule has 2 N–H and O–H groups in total. The Morgan fingerprint density at radius 2 is 2.21 bits per heavy atom. The average molecular weight is 196 g/mol. The van der Waals surface area contributed by atoms with Gasteiger partial charge in [0.25, 0.3) is 0 Å². The monoisotopic (exact) mass is 196 g/mol. The van der Waals surface area contributed by atoms with Crippen LogP contribution in [0.1, 0.15) is 5.56 Å². The molecule has 0 radical (unpaired) electrons. The minimum Gasteiger partial charge on any atom is -0.508 e. The van der Waals surface area contributed by atoms with E-state index in [1.807, 2.05) is 0 Å². The van der Waals surface area contributed by atoms with Crippen molar-refractivity contribution in [1.82, 2.24) is 0 Å². The smallest absolute Gasteiger partial charge is 0.143 e. The molecule has 1 aromatic carbocycles. The Morgan fingerprint density at radius 1 is 1.50 bits per heavy atom. The molecule has 1 saturated heterocycles. The highest BCUT2D eigenvalue weighted by Gasteiger charge is 2.48. The van der Waals surface area contributed by atoms with Crippen LogP contribution in [0.25, 0.3) is 0 Å². The molecule has 76 valence electrons. The van der Waals surface area contributed by atoms with Gasteiger partial charge in [-0.2, -0.15) is 0 Å². The van der Waals surface area contributed by atoms with Crippen molar-refractivity contribution in [2.75, 3.05) is 20.3 Å². The molecule has 1 aromatic rings. The van der Waals surface area contributed by atoms with Gasteiger partial charge in [0, 0.05) is 18.7 Å². The van der Waals surface area contributed by atoms with E-state index in [-0.39, 0.29) is 11.5 Å². The molecule has 1 aliphatic rings. The van der Waals surface area contributed by atoms with Crippen molar-refractivity contribution < 1.29 is 19.7 Å². The molecule has 1 heterocycles. The topological polar surface area (TPSA) is 62.2 Å². The van der Waals surface area contributed by atoms with Gasteiger partial charge in [-0.3, -0.25) is 0 Å². The number of epoxide rings is 1. The van der Waals surface area contributed by atoms with Crippen LogP contribution in [-0.4, -0.2) is 30.5 Å². The second kappa shape index (κ2) is 3.15. The van der Waals surface area contributed by atoms with Gasteiger partial charge in [-0.15, -0.1) is 0 Å². The maximum atomic E-state index is 9.60. The van der Waals surface area contributed by atoms with Gasteiger partial charge in [-0.1, -0.05) is 0 Å². The maximum Gasteiger partial charge on any atom is 0.143 e. The van der Waals surface area contributed by atoms with Crippen LogP contribution in [0.2, 0.25) is 0 Å². The molecule has 0 amide bonds. The molecular weight excluding hydrogens is 184 g/mol. The Bertz CT molecular complexity index is 344.